The van der Waals surface area contributed by atoms with Gasteiger partial charge in [-0.1, -0.05) is 49.2 Å². The number of aliphatic carboxylic acids is 1. The third-order valence-electron chi connectivity index (χ3n) is 5.57. The molecule has 0 saturated carbocycles. The number of carboxylic acids is 1. The summed E-state index contributed by atoms with van der Waals surface area (Å²) in [5, 5.41) is 19.2. The van der Waals surface area contributed by atoms with E-state index < -0.39 is 17.5 Å². The Bertz CT molecular complexity index is 734. The fourth-order valence-electron chi connectivity index (χ4n) is 3.69. The van der Waals surface area contributed by atoms with Crippen LogP contribution < -0.4 is 0 Å². The lowest BCUT2D eigenvalue weighted by Crippen LogP contribution is -2.45. The maximum Gasteiger partial charge on any atom is 0.304 e. The highest BCUT2D eigenvalue weighted by Crippen LogP contribution is 2.40. The molecule has 0 radical (unpaired) electrons. The minimum absolute atomic E-state index is 0.0177. The third-order valence-corrected chi connectivity index (χ3v) is 5.57. The number of alkyl halides is 2. The number of carbonyl (C=O) groups is 2. The molecule has 1 aromatic carbocycles. The smallest absolute Gasteiger partial charge is 0.304 e. The Morgan fingerprint density at radius 2 is 1.87 bits per heavy atom. The number of halogens is 2. The predicted octanol–water partition coefficient (Wildman–Crippen LogP) is 4.50. The van der Waals surface area contributed by atoms with E-state index in [1.165, 1.54) is 30.3 Å². The molecule has 1 amide bonds. The average molecular weight is 424 g/mol. The van der Waals surface area contributed by atoms with Gasteiger partial charge in [-0.15, -0.1) is 0 Å². The molecular weight excluding hydrogens is 392 g/mol. The van der Waals surface area contributed by atoms with Gasteiger partial charge in [0.25, 0.3) is 0 Å². The van der Waals surface area contributed by atoms with Gasteiger partial charge in [0.05, 0.1) is 6.04 Å². The molecule has 1 heterocycles. The number of hydrogen-bond donors (Lipinski definition) is 2. The first kappa shape index (κ1) is 24.0. The van der Waals surface area contributed by atoms with Gasteiger partial charge in [0, 0.05) is 24.9 Å². The van der Waals surface area contributed by atoms with Gasteiger partial charge in [0.2, 0.25) is 5.91 Å². The van der Waals surface area contributed by atoms with Crippen molar-refractivity contribution < 1.29 is 28.6 Å². The number of nitrogens with zero attached hydrogens (tertiary/aromatic N) is 1. The summed E-state index contributed by atoms with van der Waals surface area (Å²) in [4.78, 5) is 24.6. The lowest BCUT2D eigenvalue weighted by molar-refractivity contribution is -0.152. The maximum atomic E-state index is 14.8. The first-order chi connectivity index (χ1) is 14.1. The number of unbranched alkanes of at least 4 members (excludes halogenated alkanes) is 3. The molecule has 0 unspecified atom stereocenters. The average Bonchev–Trinajstić information content (AvgIpc) is 2.70. The van der Waals surface area contributed by atoms with E-state index in [-0.39, 0.29) is 23.9 Å². The molecule has 0 bridgehead atoms. The molecular formula is C23H31F2NO4. The van der Waals surface area contributed by atoms with Crippen molar-refractivity contribution in [3.63, 3.8) is 0 Å². The van der Waals surface area contributed by atoms with Gasteiger partial charge in [0.1, 0.15) is 5.60 Å². The van der Waals surface area contributed by atoms with Crippen molar-refractivity contribution in [2.24, 2.45) is 0 Å². The zero-order chi connectivity index (χ0) is 22.2. The van der Waals surface area contributed by atoms with Crippen LogP contribution in [0.1, 0.15) is 63.9 Å². The topological polar surface area (TPSA) is 77.8 Å². The van der Waals surface area contributed by atoms with Crippen LogP contribution in [0.15, 0.2) is 42.5 Å². The summed E-state index contributed by atoms with van der Waals surface area (Å²) in [6, 6.07) is 6.87. The van der Waals surface area contributed by atoms with E-state index in [0.717, 1.165) is 32.3 Å². The van der Waals surface area contributed by atoms with E-state index in [2.05, 4.69) is 0 Å². The van der Waals surface area contributed by atoms with E-state index in [1.54, 1.807) is 11.0 Å². The van der Waals surface area contributed by atoms with Crippen molar-refractivity contribution >= 4 is 11.9 Å². The van der Waals surface area contributed by atoms with Crippen molar-refractivity contribution in [1.29, 1.82) is 0 Å². The summed E-state index contributed by atoms with van der Waals surface area (Å²) in [5.41, 5.74) is -2.66. The Morgan fingerprint density at radius 1 is 1.20 bits per heavy atom. The monoisotopic (exact) mass is 423 g/mol. The summed E-state index contributed by atoms with van der Waals surface area (Å²) in [6.45, 7) is 1.58. The maximum absolute atomic E-state index is 14.8. The molecule has 0 aliphatic carbocycles. The molecule has 0 spiro atoms. The molecule has 2 N–H and O–H groups in total. The van der Waals surface area contributed by atoms with Crippen molar-refractivity contribution in [3.05, 3.63) is 48.0 Å². The molecule has 1 aromatic rings. The van der Waals surface area contributed by atoms with E-state index in [1.807, 2.05) is 0 Å². The highest BCUT2D eigenvalue weighted by Gasteiger charge is 2.48. The number of carboxylic acid groups (broad SMARTS) is 1. The standard InChI is InChI=1S/C23H31F2NO4/c1-22(30,23(24,25)18-10-5-4-6-11-18)16-15-19-12-9-13-20(27)26(19)17-8-3-2-7-14-21(28)29/h4-6,10-11,15-16,19,30H,2-3,7-9,12-14,17H2,1H3,(H,28,29)/b16-15+/t19-,22-/m1/s1. The minimum atomic E-state index is -3.47. The first-order valence-corrected chi connectivity index (χ1v) is 10.5. The van der Waals surface area contributed by atoms with Crippen LogP contribution in [-0.2, 0) is 15.5 Å². The molecule has 166 valence electrons. The fraction of sp³-hybridized carbons (Fsp3) is 0.565. The predicted molar refractivity (Wildman–Crippen MR) is 110 cm³/mol. The van der Waals surface area contributed by atoms with Gasteiger partial charge < -0.3 is 15.1 Å². The van der Waals surface area contributed by atoms with E-state index in [0.29, 0.717) is 32.2 Å². The second-order valence-electron chi connectivity index (χ2n) is 8.05. The van der Waals surface area contributed by atoms with Gasteiger partial charge in [-0.05, 0) is 38.7 Å². The van der Waals surface area contributed by atoms with Gasteiger partial charge >= 0.3 is 11.9 Å². The zero-order valence-electron chi connectivity index (χ0n) is 17.4. The first-order valence-electron chi connectivity index (χ1n) is 10.5. The number of carbonyl (C=O) groups excluding carboxylic acids is 1. The van der Waals surface area contributed by atoms with Crippen LogP contribution >= 0.6 is 0 Å². The Morgan fingerprint density at radius 3 is 2.53 bits per heavy atom. The quantitative estimate of drug-likeness (QED) is 0.406. The summed E-state index contributed by atoms with van der Waals surface area (Å²) in [5.74, 6) is -4.31. The zero-order valence-corrected chi connectivity index (χ0v) is 17.4. The van der Waals surface area contributed by atoms with Crippen LogP contribution in [0, 0.1) is 0 Å². The van der Waals surface area contributed by atoms with E-state index in [4.69, 9.17) is 5.11 Å². The molecule has 7 heteroatoms. The van der Waals surface area contributed by atoms with Crippen molar-refractivity contribution in [3.8, 4) is 0 Å². The Balaban J connectivity index is 1.99. The molecule has 1 aliphatic heterocycles. The number of benzene rings is 1. The van der Waals surface area contributed by atoms with Crippen LogP contribution in [0.3, 0.4) is 0 Å². The molecule has 1 aliphatic rings. The molecule has 2 rings (SSSR count). The van der Waals surface area contributed by atoms with Crippen LogP contribution in [0.5, 0.6) is 0 Å². The molecule has 2 atom stereocenters. The normalized spacial score (nSPS) is 19.8. The number of piperidine rings is 1. The van der Waals surface area contributed by atoms with Gasteiger partial charge in [-0.2, -0.15) is 8.78 Å². The summed E-state index contributed by atoms with van der Waals surface area (Å²) in [6.07, 6.45) is 7.45. The minimum Gasteiger partial charge on any atom is -0.481 e. The molecule has 30 heavy (non-hydrogen) atoms. The Kier molecular flexibility index (Phi) is 8.53. The molecule has 0 aromatic heterocycles. The number of hydrogen-bond acceptors (Lipinski definition) is 3. The number of likely N-dealkylation sites (tertiary alicyclic amines) is 1. The summed E-state index contributed by atoms with van der Waals surface area (Å²) in [7, 11) is 0. The SMILES string of the molecule is C[C@@](O)(/C=C/[C@H]1CCCC(=O)N1CCCCCCC(=O)O)C(F)(F)c1ccccc1. The van der Waals surface area contributed by atoms with Crippen molar-refractivity contribution in [1.82, 2.24) is 4.90 Å². The molecule has 1 fully saturated rings. The Labute approximate surface area is 176 Å². The summed E-state index contributed by atoms with van der Waals surface area (Å²) >= 11 is 0. The van der Waals surface area contributed by atoms with Gasteiger partial charge in [-0.3, -0.25) is 9.59 Å². The highest BCUT2D eigenvalue weighted by atomic mass is 19.3. The lowest BCUT2D eigenvalue weighted by Gasteiger charge is -2.35. The second kappa shape index (κ2) is 10.7. The number of rotatable bonds is 11. The highest BCUT2D eigenvalue weighted by molar-refractivity contribution is 5.77. The van der Waals surface area contributed by atoms with Crippen molar-refractivity contribution in [2.45, 2.75) is 75.9 Å². The lowest BCUT2D eigenvalue weighted by atomic mass is 9.89. The van der Waals surface area contributed by atoms with Gasteiger partial charge in [-0.25, -0.2) is 0 Å². The van der Waals surface area contributed by atoms with E-state index >= 15 is 0 Å². The Hall–Kier alpha value is -2.28. The van der Waals surface area contributed by atoms with Crippen molar-refractivity contribution in [2.75, 3.05) is 6.54 Å². The third kappa shape index (κ3) is 6.36. The molecule has 5 nitrogen and oxygen atoms in total. The van der Waals surface area contributed by atoms with E-state index in [9.17, 15) is 23.5 Å². The molecule has 1 saturated heterocycles. The summed E-state index contributed by atoms with van der Waals surface area (Å²) < 4.78 is 29.6. The van der Waals surface area contributed by atoms with Crippen LogP contribution in [0.4, 0.5) is 8.78 Å². The second-order valence-corrected chi connectivity index (χ2v) is 8.05. The van der Waals surface area contributed by atoms with Gasteiger partial charge in [0.15, 0.2) is 0 Å². The van der Waals surface area contributed by atoms with Crippen LogP contribution in [0.2, 0.25) is 0 Å². The van der Waals surface area contributed by atoms with Crippen LogP contribution in [-0.4, -0.2) is 45.2 Å². The number of amides is 1. The fourth-order valence-corrected chi connectivity index (χ4v) is 3.69. The largest absolute Gasteiger partial charge is 0.481 e. The number of aliphatic hydroxyl groups is 1. The van der Waals surface area contributed by atoms with Crippen LogP contribution in [0.25, 0.3) is 0 Å².